The third-order valence-electron chi connectivity index (χ3n) is 5.83. The lowest BCUT2D eigenvalue weighted by molar-refractivity contribution is -0.126. The Balaban J connectivity index is 1.50. The quantitative estimate of drug-likeness (QED) is 0.882. The van der Waals surface area contributed by atoms with Gasteiger partial charge in [-0.3, -0.25) is 9.59 Å². The highest BCUT2D eigenvalue weighted by atomic mass is 16.5. The Morgan fingerprint density at radius 2 is 1.96 bits per heavy atom. The number of aromatic nitrogens is 1. The molecule has 1 saturated heterocycles. The van der Waals surface area contributed by atoms with Gasteiger partial charge in [-0.15, -0.1) is 0 Å². The predicted octanol–water partition coefficient (Wildman–Crippen LogP) is 2.24. The molecule has 27 heavy (non-hydrogen) atoms. The average Bonchev–Trinajstić information content (AvgIpc) is 3.24. The van der Waals surface area contributed by atoms with E-state index in [4.69, 9.17) is 4.74 Å². The fourth-order valence-corrected chi connectivity index (χ4v) is 4.16. The maximum atomic E-state index is 13.0. The number of carbonyl (C=O) groups excluding carboxylic acids is 2. The second kappa shape index (κ2) is 7.19. The molecule has 0 spiro atoms. The molecule has 3 heterocycles. The van der Waals surface area contributed by atoms with Gasteiger partial charge in [0.1, 0.15) is 0 Å². The minimum atomic E-state index is -0.480. The van der Waals surface area contributed by atoms with Crippen LogP contribution in [0.5, 0.6) is 0 Å². The van der Waals surface area contributed by atoms with Gasteiger partial charge in [0, 0.05) is 44.3 Å². The van der Waals surface area contributed by atoms with Crippen molar-refractivity contribution in [3.05, 3.63) is 59.4 Å². The number of hydrogen-bond donors (Lipinski definition) is 1. The van der Waals surface area contributed by atoms with Crippen LogP contribution >= 0.6 is 0 Å². The van der Waals surface area contributed by atoms with Crippen molar-refractivity contribution in [2.75, 3.05) is 13.2 Å². The molecule has 1 aromatic heterocycles. The molecule has 2 aliphatic rings. The van der Waals surface area contributed by atoms with Gasteiger partial charge in [-0.2, -0.15) is 0 Å². The van der Waals surface area contributed by atoms with Crippen molar-refractivity contribution in [2.45, 2.75) is 37.9 Å². The van der Waals surface area contributed by atoms with Crippen molar-refractivity contribution in [2.24, 2.45) is 7.05 Å². The Labute approximate surface area is 159 Å². The van der Waals surface area contributed by atoms with Gasteiger partial charge in [-0.25, -0.2) is 0 Å². The molecule has 4 rings (SSSR count). The zero-order valence-corrected chi connectivity index (χ0v) is 15.6. The minimum absolute atomic E-state index is 0.0261. The van der Waals surface area contributed by atoms with E-state index in [0.29, 0.717) is 45.6 Å². The molecule has 0 unspecified atom stereocenters. The number of benzene rings is 1. The van der Waals surface area contributed by atoms with Crippen LogP contribution in [0.2, 0.25) is 0 Å². The summed E-state index contributed by atoms with van der Waals surface area (Å²) in [6, 6.07) is 11.7. The number of nitrogens with one attached hydrogen (secondary N) is 1. The summed E-state index contributed by atoms with van der Waals surface area (Å²) in [4.78, 5) is 27.7. The molecular weight excluding hydrogens is 342 g/mol. The van der Waals surface area contributed by atoms with Gasteiger partial charge in [0.05, 0.1) is 18.5 Å². The molecule has 0 aliphatic carbocycles. The molecule has 2 aromatic rings. The fraction of sp³-hybridized carbons (Fsp3) is 0.429. The summed E-state index contributed by atoms with van der Waals surface area (Å²) in [6.07, 6.45) is 3.64. The van der Waals surface area contributed by atoms with Crippen LogP contribution in [0.25, 0.3) is 0 Å². The first kappa shape index (κ1) is 17.8. The molecule has 2 aliphatic heterocycles. The van der Waals surface area contributed by atoms with Gasteiger partial charge in [0.2, 0.25) is 5.91 Å². The molecule has 1 N–H and O–H groups in total. The lowest BCUT2D eigenvalue weighted by Gasteiger charge is -2.44. The maximum Gasteiger partial charge on any atom is 0.254 e. The molecule has 0 bridgehead atoms. The van der Waals surface area contributed by atoms with Crippen molar-refractivity contribution in [3.63, 3.8) is 0 Å². The molecule has 0 radical (unpaired) electrons. The van der Waals surface area contributed by atoms with Gasteiger partial charge in [-0.05, 0) is 36.6 Å². The van der Waals surface area contributed by atoms with Crippen LogP contribution in [0, 0.1) is 0 Å². The number of nitrogens with zero attached hydrogens (tertiary/aromatic N) is 2. The SMILES string of the molecule is Cn1cccc1CNC(=O)CC1(N2Cc3ccccc3C2=O)CCOCC1. The Bertz CT molecular complexity index is 852. The highest BCUT2D eigenvalue weighted by Gasteiger charge is 2.45. The number of hydrogen-bond acceptors (Lipinski definition) is 3. The van der Waals surface area contributed by atoms with E-state index in [0.717, 1.165) is 16.8 Å². The van der Waals surface area contributed by atoms with Gasteiger partial charge in [0.15, 0.2) is 0 Å². The molecule has 1 fully saturated rings. The zero-order valence-electron chi connectivity index (χ0n) is 15.6. The molecule has 142 valence electrons. The van der Waals surface area contributed by atoms with Crippen molar-refractivity contribution in [1.82, 2.24) is 14.8 Å². The van der Waals surface area contributed by atoms with Crippen molar-refractivity contribution >= 4 is 11.8 Å². The summed E-state index contributed by atoms with van der Waals surface area (Å²) in [7, 11) is 1.96. The van der Waals surface area contributed by atoms with Crippen molar-refractivity contribution < 1.29 is 14.3 Å². The lowest BCUT2D eigenvalue weighted by Crippen LogP contribution is -2.54. The third-order valence-corrected chi connectivity index (χ3v) is 5.83. The van der Waals surface area contributed by atoms with E-state index < -0.39 is 5.54 Å². The summed E-state index contributed by atoms with van der Waals surface area (Å²) in [5.74, 6) is 0.00425. The standard InChI is InChI=1S/C21H25N3O3/c1-23-10-4-6-17(23)14-22-19(25)13-21(8-11-27-12-9-21)24-15-16-5-2-3-7-18(16)20(24)26/h2-7,10H,8-9,11-15H2,1H3,(H,22,25). The van der Waals surface area contributed by atoms with Crippen LogP contribution in [0.1, 0.15) is 40.9 Å². The molecule has 1 aromatic carbocycles. The second-order valence-electron chi connectivity index (χ2n) is 7.45. The Kier molecular flexibility index (Phi) is 4.74. The molecule has 6 nitrogen and oxygen atoms in total. The molecule has 0 saturated carbocycles. The predicted molar refractivity (Wildman–Crippen MR) is 101 cm³/mol. The minimum Gasteiger partial charge on any atom is -0.381 e. The van der Waals surface area contributed by atoms with E-state index >= 15 is 0 Å². The summed E-state index contributed by atoms with van der Waals surface area (Å²) >= 11 is 0. The number of fused-ring (bicyclic) bond motifs is 1. The summed E-state index contributed by atoms with van der Waals surface area (Å²) in [5, 5.41) is 3.02. The molecule has 0 atom stereocenters. The maximum absolute atomic E-state index is 13.0. The summed E-state index contributed by atoms with van der Waals surface area (Å²) in [5.41, 5.74) is 2.37. The van der Waals surface area contributed by atoms with E-state index in [1.54, 1.807) is 0 Å². The Morgan fingerprint density at radius 1 is 1.19 bits per heavy atom. The largest absolute Gasteiger partial charge is 0.381 e. The highest BCUT2D eigenvalue weighted by molar-refractivity contribution is 5.99. The topological polar surface area (TPSA) is 63.6 Å². The van der Waals surface area contributed by atoms with E-state index in [1.807, 2.05) is 59.1 Å². The van der Waals surface area contributed by atoms with Gasteiger partial charge in [-0.1, -0.05) is 18.2 Å². The number of rotatable bonds is 5. The van der Waals surface area contributed by atoms with Crippen LogP contribution < -0.4 is 5.32 Å². The van der Waals surface area contributed by atoms with Crippen LogP contribution in [-0.4, -0.2) is 40.0 Å². The van der Waals surface area contributed by atoms with Crippen LogP contribution in [0.15, 0.2) is 42.6 Å². The number of carbonyl (C=O) groups is 2. The van der Waals surface area contributed by atoms with Crippen LogP contribution in [0.4, 0.5) is 0 Å². The van der Waals surface area contributed by atoms with Crippen LogP contribution in [0.3, 0.4) is 0 Å². The second-order valence-corrected chi connectivity index (χ2v) is 7.45. The summed E-state index contributed by atoms with van der Waals surface area (Å²) in [6.45, 7) is 2.21. The number of aryl methyl sites for hydroxylation is 1. The Hall–Kier alpha value is -2.60. The first-order valence-corrected chi connectivity index (χ1v) is 9.44. The fourth-order valence-electron chi connectivity index (χ4n) is 4.16. The number of ether oxygens (including phenoxy) is 1. The van der Waals surface area contributed by atoms with E-state index in [9.17, 15) is 9.59 Å². The van der Waals surface area contributed by atoms with E-state index in [2.05, 4.69) is 5.32 Å². The van der Waals surface area contributed by atoms with Crippen molar-refractivity contribution in [3.8, 4) is 0 Å². The van der Waals surface area contributed by atoms with Gasteiger partial charge in [0.25, 0.3) is 5.91 Å². The van der Waals surface area contributed by atoms with Gasteiger partial charge >= 0.3 is 0 Å². The lowest BCUT2D eigenvalue weighted by atomic mass is 9.84. The smallest absolute Gasteiger partial charge is 0.254 e. The molecule has 2 amide bonds. The molecular formula is C21H25N3O3. The van der Waals surface area contributed by atoms with E-state index in [-0.39, 0.29) is 11.8 Å². The van der Waals surface area contributed by atoms with Crippen molar-refractivity contribution in [1.29, 1.82) is 0 Å². The monoisotopic (exact) mass is 367 g/mol. The summed E-state index contributed by atoms with van der Waals surface area (Å²) < 4.78 is 7.53. The first-order valence-electron chi connectivity index (χ1n) is 9.44. The normalized spacial score (nSPS) is 18.4. The zero-order chi connectivity index (χ0) is 18.9. The highest BCUT2D eigenvalue weighted by Crippen LogP contribution is 2.38. The average molecular weight is 367 g/mol. The molecule has 6 heteroatoms. The Morgan fingerprint density at radius 3 is 2.67 bits per heavy atom. The van der Waals surface area contributed by atoms with E-state index in [1.165, 1.54) is 0 Å². The first-order chi connectivity index (χ1) is 13.1. The van der Waals surface area contributed by atoms with Gasteiger partial charge < -0.3 is 19.5 Å². The van der Waals surface area contributed by atoms with Crippen LogP contribution in [-0.2, 0) is 29.7 Å². The number of amides is 2. The third kappa shape index (κ3) is 3.37.